The van der Waals surface area contributed by atoms with Gasteiger partial charge in [0, 0.05) is 18.0 Å². The number of pyridine rings is 1. The van der Waals surface area contributed by atoms with Gasteiger partial charge in [-0.05, 0) is 31.7 Å². The van der Waals surface area contributed by atoms with Crippen LogP contribution >= 0.6 is 11.8 Å². The van der Waals surface area contributed by atoms with E-state index in [2.05, 4.69) is 29.5 Å². The molecular formula is C11H15N3S. The summed E-state index contributed by atoms with van der Waals surface area (Å²) in [6, 6.07) is 4.35. The maximum Gasteiger partial charge on any atom is 0.144 e. The summed E-state index contributed by atoms with van der Waals surface area (Å²) in [5.41, 5.74) is 1.61. The Morgan fingerprint density at radius 3 is 3.00 bits per heavy atom. The molecule has 1 N–H and O–H groups in total. The summed E-state index contributed by atoms with van der Waals surface area (Å²) in [7, 11) is 0. The first-order valence-electron chi connectivity index (χ1n) is 4.80. The molecule has 1 unspecified atom stereocenters. The molecule has 15 heavy (non-hydrogen) atoms. The molecule has 0 amide bonds. The summed E-state index contributed by atoms with van der Waals surface area (Å²) in [6.45, 7) is 4.01. The summed E-state index contributed by atoms with van der Waals surface area (Å²) in [6.07, 6.45) is 3.79. The molecule has 0 bridgehead atoms. The van der Waals surface area contributed by atoms with Gasteiger partial charge in [0.1, 0.15) is 11.9 Å². The Morgan fingerprint density at radius 2 is 2.40 bits per heavy atom. The summed E-state index contributed by atoms with van der Waals surface area (Å²) >= 11 is 1.77. The zero-order valence-corrected chi connectivity index (χ0v) is 10.1. The van der Waals surface area contributed by atoms with Crippen LogP contribution in [-0.4, -0.2) is 23.0 Å². The molecule has 0 fully saturated rings. The van der Waals surface area contributed by atoms with Crippen molar-refractivity contribution >= 4 is 17.6 Å². The molecule has 80 valence electrons. The quantitative estimate of drug-likeness (QED) is 0.848. The smallest absolute Gasteiger partial charge is 0.144 e. The van der Waals surface area contributed by atoms with Crippen molar-refractivity contribution in [2.24, 2.45) is 0 Å². The van der Waals surface area contributed by atoms with Gasteiger partial charge < -0.3 is 5.32 Å². The van der Waals surface area contributed by atoms with Crippen LogP contribution in [0, 0.1) is 18.3 Å². The molecule has 0 aliphatic heterocycles. The van der Waals surface area contributed by atoms with E-state index in [9.17, 15) is 0 Å². The molecular weight excluding hydrogens is 206 g/mol. The first-order valence-corrected chi connectivity index (χ1v) is 6.19. The lowest BCUT2D eigenvalue weighted by Gasteiger charge is -2.14. The van der Waals surface area contributed by atoms with Crippen molar-refractivity contribution in [1.29, 1.82) is 5.26 Å². The number of aryl methyl sites for hydroxylation is 1. The molecule has 0 aromatic carbocycles. The second-order valence-corrected chi connectivity index (χ2v) is 4.37. The average molecular weight is 221 g/mol. The standard InChI is InChI=1S/C11H15N3S/c1-8-4-5-13-11(10(8)6-12)14-9(2)7-15-3/h4-5,9H,7H2,1-3H3,(H,13,14). The van der Waals surface area contributed by atoms with E-state index in [0.717, 1.165) is 11.3 Å². The molecule has 3 nitrogen and oxygen atoms in total. The van der Waals surface area contributed by atoms with E-state index >= 15 is 0 Å². The summed E-state index contributed by atoms with van der Waals surface area (Å²) in [5, 5.41) is 12.3. The van der Waals surface area contributed by atoms with E-state index in [1.54, 1.807) is 18.0 Å². The highest BCUT2D eigenvalue weighted by Crippen LogP contribution is 2.16. The van der Waals surface area contributed by atoms with E-state index in [4.69, 9.17) is 5.26 Å². The van der Waals surface area contributed by atoms with Crippen molar-refractivity contribution in [2.45, 2.75) is 19.9 Å². The molecule has 0 saturated heterocycles. The predicted octanol–water partition coefficient (Wildman–Crippen LogP) is 2.43. The van der Waals surface area contributed by atoms with E-state index in [0.29, 0.717) is 17.4 Å². The highest BCUT2D eigenvalue weighted by Gasteiger charge is 2.08. The van der Waals surface area contributed by atoms with E-state index < -0.39 is 0 Å². The Morgan fingerprint density at radius 1 is 1.67 bits per heavy atom. The lowest BCUT2D eigenvalue weighted by atomic mass is 10.1. The third kappa shape index (κ3) is 3.14. The maximum absolute atomic E-state index is 9.01. The SMILES string of the molecule is CSCC(C)Nc1nccc(C)c1C#N. The van der Waals surface area contributed by atoms with Crippen LogP contribution in [0.15, 0.2) is 12.3 Å². The normalized spacial score (nSPS) is 11.9. The van der Waals surface area contributed by atoms with Crippen LogP contribution < -0.4 is 5.32 Å². The number of nitrogens with one attached hydrogen (secondary N) is 1. The largest absolute Gasteiger partial charge is 0.366 e. The van der Waals surface area contributed by atoms with Crippen LogP contribution in [0.25, 0.3) is 0 Å². The van der Waals surface area contributed by atoms with Gasteiger partial charge in [-0.25, -0.2) is 4.98 Å². The number of rotatable bonds is 4. The molecule has 0 saturated carbocycles. The van der Waals surface area contributed by atoms with Gasteiger partial charge in [0.25, 0.3) is 0 Å². The Hall–Kier alpha value is -1.21. The first-order chi connectivity index (χ1) is 7.19. The molecule has 1 aromatic heterocycles. The van der Waals surface area contributed by atoms with Crippen LogP contribution in [0.5, 0.6) is 0 Å². The van der Waals surface area contributed by atoms with Gasteiger partial charge in [0.05, 0.1) is 5.56 Å². The van der Waals surface area contributed by atoms with Crippen molar-refractivity contribution in [3.05, 3.63) is 23.4 Å². The zero-order valence-electron chi connectivity index (χ0n) is 9.24. The lowest BCUT2D eigenvalue weighted by Crippen LogP contribution is -2.19. The van der Waals surface area contributed by atoms with Crippen molar-refractivity contribution < 1.29 is 0 Å². The second-order valence-electron chi connectivity index (χ2n) is 3.46. The fourth-order valence-electron chi connectivity index (χ4n) is 1.33. The monoisotopic (exact) mass is 221 g/mol. The summed E-state index contributed by atoms with van der Waals surface area (Å²) in [5.74, 6) is 1.69. The number of hydrogen-bond donors (Lipinski definition) is 1. The van der Waals surface area contributed by atoms with E-state index in [-0.39, 0.29) is 0 Å². The number of hydrogen-bond acceptors (Lipinski definition) is 4. The number of nitrogens with zero attached hydrogens (tertiary/aromatic N) is 2. The Kier molecular flexibility index (Phi) is 4.44. The van der Waals surface area contributed by atoms with Crippen LogP contribution in [0.3, 0.4) is 0 Å². The average Bonchev–Trinajstić information content (AvgIpc) is 2.18. The van der Waals surface area contributed by atoms with Crippen molar-refractivity contribution in [1.82, 2.24) is 4.98 Å². The molecule has 0 aliphatic carbocycles. The Balaban J connectivity index is 2.86. The molecule has 1 atom stereocenters. The number of anilines is 1. The van der Waals surface area contributed by atoms with Crippen LogP contribution in [0.1, 0.15) is 18.1 Å². The van der Waals surface area contributed by atoms with E-state index in [1.807, 2.05) is 13.0 Å². The Bertz CT molecular complexity index is 371. The maximum atomic E-state index is 9.01. The minimum Gasteiger partial charge on any atom is -0.366 e. The van der Waals surface area contributed by atoms with Gasteiger partial charge >= 0.3 is 0 Å². The highest BCUT2D eigenvalue weighted by atomic mass is 32.2. The van der Waals surface area contributed by atoms with Gasteiger partial charge in [-0.2, -0.15) is 17.0 Å². The van der Waals surface area contributed by atoms with E-state index in [1.165, 1.54) is 0 Å². The van der Waals surface area contributed by atoms with Gasteiger partial charge in [0.2, 0.25) is 0 Å². The van der Waals surface area contributed by atoms with Crippen LogP contribution in [0.4, 0.5) is 5.82 Å². The zero-order chi connectivity index (χ0) is 11.3. The lowest BCUT2D eigenvalue weighted by molar-refractivity contribution is 0.901. The predicted molar refractivity (Wildman–Crippen MR) is 65.2 cm³/mol. The molecule has 4 heteroatoms. The van der Waals surface area contributed by atoms with Gasteiger partial charge in [-0.1, -0.05) is 0 Å². The molecule has 0 radical (unpaired) electrons. The van der Waals surface area contributed by atoms with Crippen LogP contribution in [-0.2, 0) is 0 Å². The van der Waals surface area contributed by atoms with Crippen LogP contribution in [0.2, 0.25) is 0 Å². The second kappa shape index (κ2) is 5.62. The minimum absolute atomic E-state index is 0.321. The summed E-state index contributed by atoms with van der Waals surface area (Å²) < 4.78 is 0. The van der Waals surface area contributed by atoms with Crippen molar-refractivity contribution in [3.8, 4) is 6.07 Å². The fraction of sp³-hybridized carbons (Fsp3) is 0.455. The number of thioether (sulfide) groups is 1. The first kappa shape index (κ1) is 11.9. The van der Waals surface area contributed by atoms with Crippen molar-refractivity contribution in [3.63, 3.8) is 0 Å². The van der Waals surface area contributed by atoms with Gasteiger partial charge in [-0.3, -0.25) is 0 Å². The Labute approximate surface area is 94.9 Å². The fourth-order valence-corrected chi connectivity index (χ4v) is 1.92. The van der Waals surface area contributed by atoms with Gasteiger partial charge in [0.15, 0.2) is 0 Å². The minimum atomic E-state index is 0.321. The number of nitriles is 1. The third-order valence-corrected chi connectivity index (χ3v) is 2.90. The van der Waals surface area contributed by atoms with Crippen molar-refractivity contribution in [2.75, 3.05) is 17.3 Å². The molecule has 1 rings (SSSR count). The molecule has 0 spiro atoms. The third-order valence-electron chi connectivity index (χ3n) is 2.07. The number of aromatic nitrogens is 1. The topological polar surface area (TPSA) is 48.7 Å². The molecule has 0 aliphatic rings. The van der Waals surface area contributed by atoms with Gasteiger partial charge in [-0.15, -0.1) is 0 Å². The molecule has 1 heterocycles. The molecule has 1 aromatic rings. The highest BCUT2D eigenvalue weighted by molar-refractivity contribution is 7.98. The summed E-state index contributed by atoms with van der Waals surface area (Å²) in [4.78, 5) is 4.19.